The molecule has 0 aliphatic carbocycles. The largest absolute Gasteiger partial charge is 0.450 e. The van der Waals surface area contributed by atoms with Crippen molar-refractivity contribution in [3.05, 3.63) is 70.4 Å². The first kappa shape index (κ1) is 17.3. The number of nitrogens with two attached hydrogens (primary N) is 1. The number of carbonyl (C=O) groups is 1. The van der Waals surface area contributed by atoms with Gasteiger partial charge in [-0.05, 0) is 46.2 Å². The highest BCUT2D eigenvalue weighted by Gasteiger charge is 2.36. The third kappa shape index (κ3) is 2.97. The van der Waals surface area contributed by atoms with E-state index in [4.69, 9.17) is 10.2 Å². The first-order valence-electron chi connectivity index (χ1n) is 7.77. The summed E-state index contributed by atoms with van der Waals surface area (Å²) in [7, 11) is 0. The van der Waals surface area contributed by atoms with Crippen molar-refractivity contribution in [2.24, 2.45) is 0 Å². The van der Waals surface area contributed by atoms with Gasteiger partial charge in [0.15, 0.2) is 5.76 Å². The molecular formula is C19H11F3N2O2S. The highest BCUT2D eigenvalue weighted by molar-refractivity contribution is 7.08. The highest BCUT2D eigenvalue weighted by Crippen LogP contribution is 2.36. The zero-order valence-corrected chi connectivity index (χ0v) is 14.4. The van der Waals surface area contributed by atoms with Crippen LogP contribution in [0, 0.1) is 0 Å². The van der Waals surface area contributed by atoms with Crippen LogP contribution in [0.5, 0.6) is 0 Å². The number of aromatic nitrogens is 1. The number of thiophene rings is 1. The Morgan fingerprint density at radius 2 is 1.96 bits per heavy atom. The van der Waals surface area contributed by atoms with Crippen LogP contribution in [-0.2, 0) is 6.18 Å². The molecule has 1 aromatic carbocycles. The number of nitrogens with zero attached hydrogens (tertiary/aromatic N) is 1. The van der Waals surface area contributed by atoms with Crippen LogP contribution in [0.2, 0.25) is 0 Å². The van der Waals surface area contributed by atoms with Crippen molar-refractivity contribution >= 4 is 33.8 Å². The SMILES string of the molecule is Nc1c(C(=O)c2cnccc2C(F)(F)F)oc2cc(-c3ccsc3)ccc12. The van der Waals surface area contributed by atoms with Gasteiger partial charge in [0.05, 0.1) is 16.8 Å². The molecule has 0 radical (unpaired) electrons. The summed E-state index contributed by atoms with van der Waals surface area (Å²) in [5.74, 6) is -1.29. The molecule has 0 saturated carbocycles. The van der Waals surface area contributed by atoms with E-state index >= 15 is 0 Å². The predicted molar refractivity (Wildman–Crippen MR) is 96.6 cm³/mol. The molecule has 4 rings (SSSR count). The lowest BCUT2D eigenvalue weighted by atomic mass is 10.0. The number of benzene rings is 1. The first-order chi connectivity index (χ1) is 12.9. The van der Waals surface area contributed by atoms with Crippen molar-refractivity contribution in [3.8, 4) is 11.1 Å². The molecule has 0 spiro atoms. The van der Waals surface area contributed by atoms with Gasteiger partial charge in [-0.2, -0.15) is 24.5 Å². The lowest BCUT2D eigenvalue weighted by Crippen LogP contribution is -2.14. The number of alkyl halides is 3. The number of rotatable bonds is 3. The van der Waals surface area contributed by atoms with Gasteiger partial charge in [-0.15, -0.1) is 0 Å². The fraction of sp³-hybridized carbons (Fsp3) is 0.0526. The van der Waals surface area contributed by atoms with E-state index in [-0.39, 0.29) is 11.4 Å². The average molecular weight is 388 g/mol. The van der Waals surface area contributed by atoms with Crippen LogP contribution in [0.4, 0.5) is 18.9 Å². The Labute approximate surface area is 155 Å². The molecule has 0 unspecified atom stereocenters. The second-order valence-electron chi connectivity index (χ2n) is 5.82. The number of ketones is 1. The molecular weight excluding hydrogens is 377 g/mol. The minimum absolute atomic E-state index is 0.00356. The van der Waals surface area contributed by atoms with Crippen LogP contribution in [0.3, 0.4) is 0 Å². The zero-order valence-electron chi connectivity index (χ0n) is 13.6. The Bertz CT molecular complexity index is 1150. The van der Waals surface area contributed by atoms with Gasteiger partial charge in [-0.1, -0.05) is 6.07 Å². The molecule has 4 nitrogen and oxygen atoms in total. The maximum absolute atomic E-state index is 13.2. The molecule has 27 heavy (non-hydrogen) atoms. The monoisotopic (exact) mass is 388 g/mol. The van der Waals surface area contributed by atoms with Gasteiger partial charge in [0.2, 0.25) is 5.78 Å². The number of hydrogen-bond donors (Lipinski definition) is 1. The molecule has 8 heteroatoms. The van der Waals surface area contributed by atoms with E-state index in [1.807, 2.05) is 22.9 Å². The number of fused-ring (bicyclic) bond motifs is 1. The Morgan fingerprint density at radius 1 is 1.15 bits per heavy atom. The number of hydrogen-bond acceptors (Lipinski definition) is 5. The molecule has 0 atom stereocenters. The molecule has 4 aromatic rings. The van der Waals surface area contributed by atoms with Crippen LogP contribution >= 0.6 is 11.3 Å². The summed E-state index contributed by atoms with van der Waals surface area (Å²) in [6.45, 7) is 0. The molecule has 0 amide bonds. The van der Waals surface area contributed by atoms with Crippen LogP contribution in [-0.4, -0.2) is 10.8 Å². The second-order valence-corrected chi connectivity index (χ2v) is 6.60. The molecule has 0 fully saturated rings. The molecule has 136 valence electrons. The minimum Gasteiger partial charge on any atom is -0.450 e. The standard InChI is InChI=1S/C19H11F3N2O2S/c20-19(21,22)14-3-5-24-8-13(14)17(25)18-16(23)12-2-1-10(7-15(12)26-18)11-4-6-27-9-11/h1-9H,23H2. The summed E-state index contributed by atoms with van der Waals surface area (Å²) in [6.07, 6.45) is -2.84. The molecule has 0 bridgehead atoms. The number of anilines is 1. The van der Waals surface area contributed by atoms with Crippen molar-refractivity contribution in [1.29, 1.82) is 0 Å². The Kier molecular flexibility index (Phi) is 4.00. The fourth-order valence-corrected chi connectivity index (χ4v) is 3.50. The van der Waals surface area contributed by atoms with Crippen LogP contribution in [0.15, 0.2) is 57.9 Å². The third-order valence-electron chi connectivity index (χ3n) is 4.16. The Hall–Kier alpha value is -3.13. The van der Waals surface area contributed by atoms with Crippen LogP contribution in [0.1, 0.15) is 21.7 Å². The maximum Gasteiger partial charge on any atom is 0.417 e. The van der Waals surface area contributed by atoms with E-state index in [2.05, 4.69) is 4.98 Å². The van der Waals surface area contributed by atoms with Crippen molar-refractivity contribution in [2.45, 2.75) is 6.18 Å². The highest BCUT2D eigenvalue weighted by atomic mass is 32.1. The van der Waals surface area contributed by atoms with Gasteiger partial charge >= 0.3 is 6.18 Å². The third-order valence-corrected chi connectivity index (χ3v) is 4.84. The van der Waals surface area contributed by atoms with Crippen LogP contribution < -0.4 is 5.73 Å². The summed E-state index contributed by atoms with van der Waals surface area (Å²) in [6, 6.07) is 7.89. The zero-order chi connectivity index (χ0) is 19.2. The number of carbonyl (C=O) groups excluding carboxylic acids is 1. The predicted octanol–water partition coefficient (Wildman–Crippen LogP) is 5.39. The molecule has 3 heterocycles. The number of nitrogen functional groups attached to an aromatic ring is 1. The van der Waals surface area contributed by atoms with E-state index in [0.29, 0.717) is 11.0 Å². The van der Waals surface area contributed by atoms with E-state index in [0.717, 1.165) is 29.6 Å². The van der Waals surface area contributed by atoms with E-state index in [1.165, 1.54) is 11.3 Å². The van der Waals surface area contributed by atoms with Gasteiger partial charge in [0.1, 0.15) is 5.58 Å². The first-order valence-corrected chi connectivity index (χ1v) is 8.71. The molecule has 2 N–H and O–H groups in total. The minimum atomic E-state index is -4.69. The lowest BCUT2D eigenvalue weighted by Gasteiger charge is -2.10. The summed E-state index contributed by atoms with van der Waals surface area (Å²) in [5, 5.41) is 4.34. The number of halogens is 3. The van der Waals surface area contributed by atoms with Crippen molar-refractivity contribution in [1.82, 2.24) is 4.98 Å². The summed E-state index contributed by atoms with van der Waals surface area (Å²) in [4.78, 5) is 16.3. The van der Waals surface area contributed by atoms with Gasteiger partial charge < -0.3 is 10.2 Å². The maximum atomic E-state index is 13.2. The summed E-state index contributed by atoms with van der Waals surface area (Å²) in [5.41, 5.74) is 6.46. The van der Waals surface area contributed by atoms with Gasteiger partial charge in [0.25, 0.3) is 0 Å². The molecule has 0 saturated heterocycles. The van der Waals surface area contributed by atoms with E-state index < -0.39 is 23.1 Å². The van der Waals surface area contributed by atoms with Gasteiger partial charge in [-0.25, -0.2) is 0 Å². The number of pyridine rings is 1. The van der Waals surface area contributed by atoms with E-state index in [1.54, 1.807) is 12.1 Å². The normalized spacial score (nSPS) is 11.8. The van der Waals surface area contributed by atoms with Crippen molar-refractivity contribution < 1.29 is 22.4 Å². The Balaban J connectivity index is 1.83. The average Bonchev–Trinajstić information content (AvgIpc) is 3.29. The smallest absolute Gasteiger partial charge is 0.417 e. The lowest BCUT2D eigenvalue weighted by molar-refractivity contribution is -0.137. The Morgan fingerprint density at radius 3 is 2.67 bits per heavy atom. The molecule has 3 aromatic heterocycles. The molecule has 0 aliphatic rings. The quantitative estimate of drug-likeness (QED) is 0.478. The van der Waals surface area contributed by atoms with Gasteiger partial charge in [0, 0.05) is 17.8 Å². The van der Waals surface area contributed by atoms with Crippen molar-refractivity contribution in [3.63, 3.8) is 0 Å². The van der Waals surface area contributed by atoms with Crippen molar-refractivity contribution in [2.75, 3.05) is 5.73 Å². The van der Waals surface area contributed by atoms with Gasteiger partial charge in [-0.3, -0.25) is 9.78 Å². The van der Waals surface area contributed by atoms with E-state index in [9.17, 15) is 18.0 Å². The summed E-state index contributed by atoms with van der Waals surface area (Å²) >= 11 is 1.53. The number of furan rings is 1. The second kappa shape index (κ2) is 6.24. The topological polar surface area (TPSA) is 69.1 Å². The summed E-state index contributed by atoms with van der Waals surface area (Å²) < 4.78 is 45.2. The van der Waals surface area contributed by atoms with Crippen LogP contribution in [0.25, 0.3) is 22.1 Å². The fourth-order valence-electron chi connectivity index (χ4n) is 2.84. The molecule has 0 aliphatic heterocycles.